The van der Waals surface area contributed by atoms with E-state index in [2.05, 4.69) is 5.32 Å². The van der Waals surface area contributed by atoms with Crippen LogP contribution in [0.15, 0.2) is 24.3 Å². The quantitative estimate of drug-likeness (QED) is 0.407. The number of aliphatic carboxylic acids is 1. The molecule has 1 atom stereocenters. The van der Waals surface area contributed by atoms with E-state index in [0.29, 0.717) is 19.6 Å². The minimum Gasteiger partial charge on any atom is -0.481 e. The highest BCUT2D eigenvalue weighted by Crippen LogP contribution is 2.30. The second kappa shape index (κ2) is 11.9. The largest absolute Gasteiger partial charge is 0.481 e. The van der Waals surface area contributed by atoms with E-state index in [1.165, 1.54) is 12.1 Å². The van der Waals surface area contributed by atoms with Crippen molar-refractivity contribution in [3.63, 3.8) is 0 Å². The highest BCUT2D eigenvalue weighted by molar-refractivity contribution is 5.80. The van der Waals surface area contributed by atoms with Gasteiger partial charge < -0.3 is 20.9 Å². The minimum atomic E-state index is -1.16. The van der Waals surface area contributed by atoms with Crippen molar-refractivity contribution in [3.8, 4) is 0 Å². The van der Waals surface area contributed by atoms with Crippen LogP contribution < -0.4 is 11.1 Å². The highest BCUT2D eigenvalue weighted by atomic mass is 19.1. The van der Waals surface area contributed by atoms with Crippen LogP contribution >= 0.6 is 0 Å². The van der Waals surface area contributed by atoms with Gasteiger partial charge in [0.2, 0.25) is 5.91 Å². The van der Waals surface area contributed by atoms with Crippen molar-refractivity contribution >= 4 is 11.9 Å². The number of nitrogens with one attached hydrogen (secondary N) is 1. The van der Waals surface area contributed by atoms with Gasteiger partial charge in [0.05, 0.1) is 17.6 Å². The van der Waals surface area contributed by atoms with Crippen molar-refractivity contribution in [2.75, 3.05) is 13.2 Å². The summed E-state index contributed by atoms with van der Waals surface area (Å²) >= 11 is 0. The molecule has 0 saturated heterocycles. The van der Waals surface area contributed by atoms with Crippen LogP contribution in [0.3, 0.4) is 0 Å². The minimum absolute atomic E-state index is 0.0493. The summed E-state index contributed by atoms with van der Waals surface area (Å²) in [5.41, 5.74) is 4.41. The fourth-order valence-corrected chi connectivity index (χ4v) is 2.91. The molecule has 164 valence electrons. The highest BCUT2D eigenvalue weighted by Gasteiger charge is 2.46. The van der Waals surface area contributed by atoms with E-state index in [1.54, 1.807) is 26.8 Å². The van der Waals surface area contributed by atoms with Gasteiger partial charge in [-0.25, -0.2) is 4.39 Å². The molecular weight excluding hydrogens is 375 g/mol. The molecule has 0 fully saturated rings. The Hall–Kier alpha value is -1.99. The number of carbonyl (C=O) groups is 2. The van der Waals surface area contributed by atoms with Crippen LogP contribution in [0.5, 0.6) is 0 Å². The Kier molecular flexibility index (Phi) is 10.3. The number of unbranched alkanes of at least 4 members (excludes halogenated alkanes) is 4. The van der Waals surface area contributed by atoms with Crippen molar-refractivity contribution < 1.29 is 23.8 Å². The Morgan fingerprint density at radius 1 is 1.14 bits per heavy atom. The zero-order valence-corrected chi connectivity index (χ0v) is 17.8. The lowest BCUT2D eigenvalue weighted by Gasteiger charge is -2.41. The second-order valence-electron chi connectivity index (χ2n) is 8.21. The lowest BCUT2D eigenvalue weighted by molar-refractivity contribution is -0.152. The molecule has 29 heavy (non-hydrogen) atoms. The molecule has 1 amide bonds. The maximum atomic E-state index is 13.1. The van der Waals surface area contributed by atoms with Crippen molar-refractivity contribution in [2.45, 2.75) is 71.4 Å². The standard InChI is InChI=1S/C22H35FN2O4/c1-21(2,20(27)28)22(3,16-24)25-19(26)12-7-5-4-6-8-13-29-15-17-10-9-11-18(23)14-17/h9-11,14H,4-8,12-13,15-16,24H2,1-3H3,(H,25,26)(H,27,28). The predicted molar refractivity (Wildman–Crippen MR) is 111 cm³/mol. The Balaban J connectivity index is 2.15. The van der Waals surface area contributed by atoms with Crippen LogP contribution in [0, 0.1) is 11.2 Å². The van der Waals surface area contributed by atoms with E-state index in [4.69, 9.17) is 10.5 Å². The van der Waals surface area contributed by atoms with E-state index >= 15 is 0 Å². The van der Waals surface area contributed by atoms with E-state index in [9.17, 15) is 19.1 Å². The summed E-state index contributed by atoms with van der Waals surface area (Å²) in [6, 6.07) is 6.38. The fourth-order valence-electron chi connectivity index (χ4n) is 2.91. The molecule has 1 rings (SSSR count). The molecule has 0 aliphatic heterocycles. The van der Waals surface area contributed by atoms with Crippen LogP contribution in [0.4, 0.5) is 4.39 Å². The fraction of sp³-hybridized carbons (Fsp3) is 0.636. The maximum absolute atomic E-state index is 13.1. The number of rotatable bonds is 14. The third-order valence-electron chi connectivity index (χ3n) is 5.59. The van der Waals surface area contributed by atoms with Gasteiger partial charge in [-0.15, -0.1) is 0 Å². The second-order valence-corrected chi connectivity index (χ2v) is 8.21. The van der Waals surface area contributed by atoms with Crippen molar-refractivity contribution in [2.24, 2.45) is 11.1 Å². The van der Waals surface area contributed by atoms with Crippen LogP contribution in [0.2, 0.25) is 0 Å². The molecule has 0 bridgehead atoms. The summed E-state index contributed by atoms with van der Waals surface area (Å²) in [5, 5.41) is 12.2. The summed E-state index contributed by atoms with van der Waals surface area (Å²) in [5.74, 6) is -1.43. The number of ether oxygens (including phenoxy) is 1. The number of carboxylic acids is 1. The molecule has 0 aromatic heterocycles. The molecule has 1 unspecified atom stereocenters. The van der Waals surface area contributed by atoms with Crippen LogP contribution in [0.1, 0.15) is 64.9 Å². The van der Waals surface area contributed by atoms with E-state index in [-0.39, 0.29) is 18.3 Å². The number of nitrogens with two attached hydrogens (primary N) is 1. The molecular formula is C22H35FN2O4. The van der Waals surface area contributed by atoms with E-state index < -0.39 is 16.9 Å². The topological polar surface area (TPSA) is 102 Å². The van der Waals surface area contributed by atoms with Crippen LogP contribution in [-0.2, 0) is 20.9 Å². The molecule has 4 N–H and O–H groups in total. The molecule has 1 aromatic carbocycles. The summed E-state index contributed by atoms with van der Waals surface area (Å²) in [6.45, 7) is 5.88. The van der Waals surface area contributed by atoms with Crippen LogP contribution in [0.25, 0.3) is 0 Å². The van der Waals surface area contributed by atoms with Gasteiger partial charge in [0.1, 0.15) is 5.82 Å². The average Bonchev–Trinajstić information content (AvgIpc) is 2.66. The van der Waals surface area contributed by atoms with Gasteiger partial charge in [-0.1, -0.05) is 31.4 Å². The zero-order chi connectivity index (χ0) is 21.9. The van der Waals surface area contributed by atoms with Gasteiger partial charge in [0.25, 0.3) is 0 Å². The lowest BCUT2D eigenvalue weighted by atomic mass is 9.73. The van der Waals surface area contributed by atoms with Gasteiger partial charge in [-0.2, -0.15) is 0 Å². The number of hydrogen-bond acceptors (Lipinski definition) is 4. The van der Waals surface area contributed by atoms with Crippen molar-refractivity contribution in [1.29, 1.82) is 0 Å². The molecule has 0 spiro atoms. The first-order valence-corrected chi connectivity index (χ1v) is 10.2. The van der Waals surface area contributed by atoms with Gasteiger partial charge in [0.15, 0.2) is 0 Å². The Morgan fingerprint density at radius 2 is 1.79 bits per heavy atom. The zero-order valence-electron chi connectivity index (χ0n) is 17.8. The summed E-state index contributed by atoms with van der Waals surface area (Å²) in [4.78, 5) is 23.7. The SMILES string of the molecule is CC(CN)(NC(=O)CCCCCCCOCc1cccc(F)c1)C(C)(C)C(=O)O. The third-order valence-corrected chi connectivity index (χ3v) is 5.59. The van der Waals surface area contributed by atoms with Gasteiger partial charge >= 0.3 is 5.97 Å². The predicted octanol–water partition coefficient (Wildman–Crippen LogP) is 3.63. The van der Waals surface area contributed by atoms with E-state index in [1.807, 2.05) is 6.07 Å². The third kappa shape index (κ3) is 8.11. The first kappa shape index (κ1) is 25.0. The molecule has 1 aromatic rings. The number of benzene rings is 1. The summed E-state index contributed by atoms with van der Waals surface area (Å²) in [7, 11) is 0. The normalized spacial score (nSPS) is 13.7. The number of halogens is 1. The molecule has 0 aliphatic rings. The molecule has 0 saturated carbocycles. The first-order valence-electron chi connectivity index (χ1n) is 10.2. The molecule has 0 aliphatic carbocycles. The van der Waals surface area contributed by atoms with Crippen molar-refractivity contribution in [1.82, 2.24) is 5.32 Å². The van der Waals surface area contributed by atoms with E-state index in [0.717, 1.165) is 37.7 Å². The average molecular weight is 411 g/mol. The first-order chi connectivity index (χ1) is 13.6. The Bertz CT molecular complexity index is 666. The molecule has 6 nitrogen and oxygen atoms in total. The summed E-state index contributed by atoms with van der Waals surface area (Å²) < 4.78 is 18.6. The summed E-state index contributed by atoms with van der Waals surface area (Å²) in [6.07, 6.45) is 4.91. The number of carbonyl (C=O) groups excluding carboxylic acids is 1. The molecule has 0 radical (unpaired) electrons. The molecule has 7 heteroatoms. The van der Waals surface area contributed by atoms with Crippen LogP contribution in [-0.4, -0.2) is 35.7 Å². The van der Waals surface area contributed by atoms with Crippen molar-refractivity contribution in [3.05, 3.63) is 35.6 Å². The van der Waals surface area contributed by atoms with Gasteiger partial charge in [-0.05, 0) is 51.3 Å². The monoisotopic (exact) mass is 410 g/mol. The van der Waals surface area contributed by atoms with Gasteiger partial charge in [-0.3, -0.25) is 9.59 Å². The van der Waals surface area contributed by atoms with Gasteiger partial charge in [0, 0.05) is 19.6 Å². The number of hydrogen-bond donors (Lipinski definition) is 3. The maximum Gasteiger partial charge on any atom is 0.311 e. The molecule has 0 heterocycles. The Labute approximate surface area is 173 Å². The number of carboxylic acid groups (broad SMARTS) is 1. The lowest BCUT2D eigenvalue weighted by Crippen LogP contribution is -2.63. The Morgan fingerprint density at radius 3 is 2.41 bits per heavy atom. The number of amides is 1. The smallest absolute Gasteiger partial charge is 0.311 e.